The van der Waals surface area contributed by atoms with Crippen LogP contribution in [-0.2, 0) is 111 Å². The molecular formula is C102H141NO38S. The fourth-order valence-electron chi connectivity index (χ4n) is 12.2. The molecule has 1 atom stereocenters. The predicted molar refractivity (Wildman–Crippen MR) is 525 cm³/mol. The van der Waals surface area contributed by atoms with Crippen LogP contribution >= 0.6 is 0 Å². The number of ether oxygens (including phenoxy) is 23. The van der Waals surface area contributed by atoms with Crippen LogP contribution in [0, 0.1) is 12.8 Å². The Hall–Kier alpha value is -10.9. The number of phenolic OH excluding ortho intramolecular Hbond substituents is 2. The minimum atomic E-state index is -3.71. The van der Waals surface area contributed by atoms with Gasteiger partial charge in [0.25, 0.3) is 10.1 Å². The normalized spacial score (nSPS) is 11.7. The number of rotatable bonds is 68. The molecule has 0 radical (unpaired) electrons. The molecular weight excluding hydrogens is 1880 g/mol. The first-order valence-corrected chi connectivity index (χ1v) is 47.7. The molecule has 9 aromatic rings. The molecule has 0 spiro atoms. The number of amides is 1. The van der Waals surface area contributed by atoms with Gasteiger partial charge in [0.15, 0.2) is 11.6 Å². The first-order valence-electron chi connectivity index (χ1n) is 46.3. The van der Waals surface area contributed by atoms with Gasteiger partial charge in [-0.05, 0) is 117 Å². The van der Waals surface area contributed by atoms with Gasteiger partial charge in [0, 0.05) is 85.0 Å². The van der Waals surface area contributed by atoms with E-state index in [1.807, 2.05) is 43.3 Å². The molecule has 0 saturated heterocycles. The lowest BCUT2D eigenvalue weighted by molar-refractivity contribution is 0.0159. The number of hydrogen-bond acceptors (Lipinski definition) is 38. The van der Waals surface area contributed by atoms with Gasteiger partial charge in [0.1, 0.15) is 90.2 Å². The molecule has 1 aliphatic rings. The molecule has 1 fully saturated rings. The molecule has 1 saturated carbocycles. The van der Waals surface area contributed by atoms with Gasteiger partial charge in [0.05, 0.1) is 250 Å². The van der Waals surface area contributed by atoms with Crippen LogP contribution in [0.15, 0.2) is 181 Å². The maximum atomic E-state index is 13.3. The zero-order valence-electron chi connectivity index (χ0n) is 82.6. The maximum Gasteiger partial charge on any atom is 0.411 e. The van der Waals surface area contributed by atoms with Crippen molar-refractivity contribution < 1.29 is 170 Å². The third-order valence-electron chi connectivity index (χ3n) is 19.4. The summed E-state index contributed by atoms with van der Waals surface area (Å²) in [5.74, 6) is 1.15. The summed E-state index contributed by atoms with van der Waals surface area (Å²) >= 11 is 0. The molecule has 142 heavy (non-hydrogen) atoms. The van der Waals surface area contributed by atoms with Crippen molar-refractivity contribution in [2.24, 2.45) is 5.92 Å². The van der Waals surface area contributed by atoms with E-state index in [1.165, 1.54) is 37.3 Å². The SMILES string of the molecule is CCC(=O)c1ccc(OCCOCCOCCOC)cc1O.COCCOCCOCCO.COCCOCCOCCOS(=O)(=O)c1ccc(C)cc1.COCCOCCOCCOc1ccc(C(C)=O)c(O)c1.COCCOCCOCCOc1ccc2c(O)c(C(c3cccc(NC(=O)OCc4ccccc4)c3)C3CC3)c(=O)oc2c1.COCCOCCOCCOc1ccc2c(O)cc(=O)oc2c1. The van der Waals surface area contributed by atoms with Crippen LogP contribution in [0.5, 0.6) is 46.0 Å². The summed E-state index contributed by atoms with van der Waals surface area (Å²) in [5, 5.41) is 52.4. The van der Waals surface area contributed by atoms with Gasteiger partial charge < -0.3 is 143 Å². The topological polar surface area (TPSA) is 480 Å². The zero-order valence-corrected chi connectivity index (χ0v) is 83.4. The Morgan fingerprint density at radius 1 is 0.408 bits per heavy atom. The summed E-state index contributed by atoms with van der Waals surface area (Å²) in [6.07, 6.45) is 1.59. The standard InChI is InChI=1S/C34H37NO9.C16H20O7.C16H24O6.C15H22O6.C14H22O6S.C7H16O4/c1-39-14-15-40-16-17-41-18-19-42-27-12-13-28-29(21-27)44-33(37)31(32(28)36)30(24-10-11-24)25-8-5-9-26(20-25)35-34(38)43-22-23-6-3-2-4-7-23;1-19-4-5-20-6-7-21-8-9-22-12-2-3-13-14(17)11-16(18)23-15(13)10-12;1-3-15(17)14-5-4-13(12-16(14)18)22-11-10-21-9-8-20-7-6-19-2;1-12(16)14-4-3-13(11-15(14)17)21-10-9-20-8-7-19-6-5-18-2;1-13-3-5-14(6-4-13)21(15,16)20-12-11-19-10-9-18-8-7-17-2;1-9-4-5-11-7-6-10-3-2-8/h2-9,12-13,20-21,24,30,36H,10-11,14-19,22H2,1H3,(H,35,38);2-3,10-11,17H,4-9H2,1H3;4-5,12,18H,3,6-11H2,1-2H3;3-4,11,17H,5-10H2,1-2H3;3-6H,7-12H2,1-2H3;8H,2-7H2,1H3. The van der Waals surface area contributed by atoms with Crippen LogP contribution in [0.3, 0.4) is 0 Å². The number of fused-ring (bicyclic) bond motifs is 2. The second kappa shape index (κ2) is 75.8. The average molecular weight is 2020 g/mol. The van der Waals surface area contributed by atoms with Gasteiger partial charge in [-0.3, -0.25) is 19.1 Å². The summed E-state index contributed by atoms with van der Waals surface area (Å²) in [4.78, 5) is 59.9. The van der Waals surface area contributed by atoms with Gasteiger partial charge >= 0.3 is 17.3 Å². The number of carbonyl (C=O) groups is 3. The predicted octanol–water partition coefficient (Wildman–Crippen LogP) is 12.1. The van der Waals surface area contributed by atoms with E-state index in [0.717, 1.165) is 35.6 Å². The molecule has 0 aliphatic heterocycles. The van der Waals surface area contributed by atoms with Crippen LogP contribution in [0.4, 0.5) is 10.5 Å². The third-order valence-corrected chi connectivity index (χ3v) is 20.8. The van der Waals surface area contributed by atoms with Crippen molar-refractivity contribution in [3.63, 3.8) is 0 Å². The Balaban J connectivity index is 0.000000316. The molecule has 0 bridgehead atoms. The number of anilines is 1. The fraction of sp³-hybridized carbons (Fsp3) is 0.500. The van der Waals surface area contributed by atoms with Crippen molar-refractivity contribution >= 4 is 55.4 Å². The van der Waals surface area contributed by atoms with E-state index in [-0.39, 0.29) is 94.1 Å². The molecule has 1 unspecified atom stereocenters. The van der Waals surface area contributed by atoms with Crippen LogP contribution in [-0.4, -0.2) is 332 Å². The second-order valence-electron chi connectivity index (χ2n) is 30.2. The Kier molecular flexibility index (Phi) is 64.9. The highest BCUT2D eigenvalue weighted by molar-refractivity contribution is 7.86. The number of hydrogen-bond donors (Lipinski definition) is 6. The van der Waals surface area contributed by atoms with E-state index in [1.54, 1.807) is 135 Å². The fourth-order valence-corrected chi connectivity index (χ4v) is 13.1. The van der Waals surface area contributed by atoms with Crippen molar-refractivity contribution in [2.45, 2.75) is 57.5 Å². The van der Waals surface area contributed by atoms with Gasteiger partial charge in [-0.1, -0.05) is 67.1 Å². The molecule has 788 valence electrons. The number of aliphatic hydroxyl groups is 1. The molecule has 40 heteroatoms. The lowest BCUT2D eigenvalue weighted by atomic mass is 9.86. The molecule has 2 aromatic heterocycles. The molecule has 2 heterocycles. The number of aryl methyl sites for hydroxylation is 1. The Morgan fingerprint density at radius 2 is 0.796 bits per heavy atom. The van der Waals surface area contributed by atoms with Crippen molar-refractivity contribution in [2.75, 3.05) is 286 Å². The molecule has 6 N–H and O–H groups in total. The quantitative estimate of drug-likeness (QED) is 0.00892. The Morgan fingerprint density at radius 3 is 1.20 bits per heavy atom. The lowest BCUT2D eigenvalue weighted by Crippen LogP contribution is -2.17. The molecule has 1 amide bonds. The molecule has 1 aliphatic carbocycles. The highest BCUT2D eigenvalue weighted by atomic mass is 32.2. The van der Waals surface area contributed by atoms with E-state index >= 15 is 0 Å². The number of ketones is 2. The minimum Gasteiger partial charge on any atom is -0.507 e. The number of carbonyl (C=O) groups excluding carboxylic acids is 3. The summed E-state index contributed by atoms with van der Waals surface area (Å²) in [6.45, 7) is 21.3. The first kappa shape index (κ1) is 122. The summed E-state index contributed by atoms with van der Waals surface area (Å²) < 4.78 is 159. The van der Waals surface area contributed by atoms with E-state index in [2.05, 4.69) is 5.32 Å². The lowest BCUT2D eigenvalue weighted by Gasteiger charge is -2.19. The second-order valence-corrected chi connectivity index (χ2v) is 31.9. The Labute approximate surface area is 828 Å². The largest absolute Gasteiger partial charge is 0.507 e. The van der Waals surface area contributed by atoms with Crippen LogP contribution < -0.4 is 35.5 Å². The van der Waals surface area contributed by atoms with Crippen molar-refractivity contribution in [1.82, 2.24) is 0 Å². The number of methoxy groups -OCH3 is 6. The van der Waals surface area contributed by atoms with E-state index < -0.39 is 33.4 Å². The number of phenols is 2. The number of benzene rings is 7. The van der Waals surface area contributed by atoms with Gasteiger partial charge in [-0.2, -0.15) is 8.42 Å². The van der Waals surface area contributed by atoms with E-state index in [4.69, 9.17) is 127 Å². The Bertz CT molecular complexity index is 5130. The minimum absolute atomic E-state index is 0.0196. The van der Waals surface area contributed by atoms with Crippen LogP contribution in [0.1, 0.15) is 82.0 Å². The highest BCUT2D eigenvalue weighted by Gasteiger charge is 2.38. The highest BCUT2D eigenvalue weighted by Crippen LogP contribution is 2.49. The van der Waals surface area contributed by atoms with Crippen molar-refractivity contribution in [1.29, 1.82) is 0 Å². The van der Waals surface area contributed by atoms with Crippen molar-refractivity contribution in [3.8, 4) is 46.0 Å². The maximum absolute atomic E-state index is 13.3. The molecule has 7 aromatic carbocycles. The number of aliphatic hydroxyl groups excluding tert-OH is 1. The molecule has 39 nitrogen and oxygen atoms in total. The van der Waals surface area contributed by atoms with E-state index in [0.29, 0.717) is 269 Å². The zero-order chi connectivity index (χ0) is 103. The van der Waals surface area contributed by atoms with Gasteiger partial charge in [-0.25, -0.2) is 14.4 Å². The van der Waals surface area contributed by atoms with Crippen LogP contribution in [0.25, 0.3) is 21.9 Å². The molecule has 10 rings (SSSR count). The van der Waals surface area contributed by atoms with Gasteiger partial charge in [-0.15, -0.1) is 0 Å². The first-order chi connectivity index (χ1) is 69.0. The van der Waals surface area contributed by atoms with Crippen LogP contribution in [0.2, 0.25) is 0 Å². The third kappa shape index (κ3) is 52.4. The summed E-state index contributed by atoms with van der Waals surface area (Å²) in [7, 11) is 6.01. The number of nitrogens with one attached hydrogen (secondary N) is 1. The number of Topliss-reactive ketones (excluding diaryl/α,β-unsaturated/α-hetero) is 2. The van der Waals surface area contributed by atoms with E-state index in [9.17, 15) is 52.8 Å². The van der Waals surface area contributed by atoms with Gasteiger partial charge in [0.2, 0.25) is 0 Å². The summed E-state index contributed by atoms with van der Waals surface area (Å²) in [5.41, 5.74) is 3.29. The smallest absolute Gasteiger partial charge is 0.411 e. The van der Waals surface area contributed by atoms with Crippen molar-refractivity contribution in [3.05, 3.63) is 212 Å². The monoisotopic (exact) mass is 2020 g/mol. The average Bonchev–Trinajstić information content (AvgIpc) is 1.16. The number of aromatic hydroxyl groups is 4. The summed E-state index contributed by atoms with van der Waals surface area (Å²) in [6, 6.07) is 43.3.